The van der Waals surface area contributed by atoms with Crippen LogP contribution in [0.25, 0.3) is 0 Å². The first-order valence-electron chi connectivity index (χ1n) is 7.29. The quantitative estimate of drug-likeness (QED) is 0.620. The Morgan fingerprint density at radius 3 is 2.22 bits per heavy atom. The van der Waals surface area contributed by atoms with E-state index < -0.39 is 0 Å². The molecule has 4 heteroatoms. The van der Waals surface area contributed by atoms with Gasteiger partial charge in [-0.3, -0.25) is 0 Å². The van der Waals surface area contributed by atoms with Gasteiger partial charge < -0.3 is 19.3 Å². The minimum atomic E-state index is -0.0336. The zero-order valence-corrected chi connectivity index (χ0v) is 12.5. The lowest BCUT2D eigenvalue weighted by atomic mass is 10.0. The van der Waals surface area contributed by atoms with E-state index in [1.54, 1.807) is 0 Å². The fourth-order valence-corrected chi connectivity index (χ4v) is 2.51. The van der Waals surface area contributed by atoms with E-state index in [1.807, 2.05) is 13.8 Å². The summed E-state index contributed by atoms with van der Waals surface area (Å²) >= 11 is 0. The maximum absolute atomic E-state index is 5.58. The van der Waals surface area contributed by atoms with Crippen molar-refractivity contribution in [3.63, 3.8) is 0 Å². The lowest BCUT2D eigenvalue weighted by Crippen LogP contribution is -2.42. The van der Waals surface area contributed by atoms with Crippen molar-refractivity contribution in [3.8, 4) is 0 Å². The maximum atomic E-state index is 5.58. The Labute approximate surface area is 112 Å². The van der Waals surface area contributed by atoms with Crippen molar-refractivity contribution in [2.45, 2.75) is 45.4 Å². The largest absolute Gasteiger partial charge is 0.353 e. The minimum Gasteiger partial charge on any atom is -0.353 e. The van der Waals surface area contributed by atoms with Gasteiger partial charge in [0, 0.05) is 32.2 Å². The molecule has 1 saturated heterocycles. The second-order valence-corrected chi connectivity index (χ2v) is 5.14. The third kappa shape index (κ3) is 5.65. The number of hydrogen-bond acceptors (Lipinski definition) is 4. The lowest BCUT2D eigenvalue weighted by molar-refractivity contribution is -0.142. The molecule has 0 unspecified atom stereocenters. The van der Waals surface area contributed by atoms with Crippen molar-refractivity contribution >= 4 is 0 Å². The molecule has 0 atom stereocenters. The number of nitrogens with zero attached hydrogens (tertiary/aromatic N) is 2. The molecule has 1 rings (SSSR count). The predicted molar refractivity (Wildman–Crippen MR) is 74.8 cm³/mol. The molecule has 0 aromatic carbocycles. The van der Waals surface area contributed by atoms with E-state index in [2.05, 4.69) is 23.9 Å². The molecule has 1 heterocycles. The van der Waals surface area contributed by atoms with Gasteiger partial charge in [-0.2, -0.15) is 0 Å². The number of likely N-dealkylation sites (tertiary alicyclic amines) is 1. The molecule has 0 amide bonds. The highest BCUT2D eigenvalue weighted by molar-refractivity contribution is 4.76. The third-order valence-corrected chi connectivity index (χ3v) is 3.73. The van der Waals surface area contributed by atoms with Crippen molar-refractivity contribution in [2.24, 2.45) is 0 Å². The van der Waals surface area contributed by atoms with Gasteiger partial charge >= 0.3 is 0 Å². The van der Waals surface area contributed by atoms with E-state index in [0.29, 0.717) is 0 Å². The molecule has 0 spiro atoms. The first-order chi connectivity index (χ1) is 8.67. The summed E-state index contributed by atoms with van der Waals surface area (Å²) in [5.41, 5.74) is 0. The molecule has 108 valence electrons. The molecule has 18 heavy (non-hydrogen) atoms. The Hall–Kier alpha value is -0.160. The Morgan fingerprint density at radius 1 is 1.17 bits per heavy atom. The second kappa shape index (κ2) is 8.86. The van der Waals surface area contributed by atoms with Gasteiger partial charge in [0.1, 0.15) is 0 Å². The van der Waals surface area contributed by atoms with Gasteiger partial charge in [-0.05, 0) is 53.9 Å². The zero-order chi connectivity index (χ0) is 13.4. The molecule has 1 aliphatic rings. The SMILES string of the molecule is CCOC(CCN(C)C1CCN(C)CC1)OCC. The van der Waals surface area contributed by atoms with Crippen molar-refractivity contribution in [1.29, 1.82) is 0 Å². The molecule has 4 nitrogen and oxygen atoms in total. The molecule has 0 bridgehead atoms. The van der Waals surface area contributed by atoms with E-state index in [-0.39, 0.29) is 6.29 Å². The van der Waals surface area contributed by atoms with E-state index in [1.165, 1.54) is 25.9 Å². The average molecular weight is 258 g/mol. The highest BCUT2D eigenvalue weighted by Crippen LogP contribution is 2.15. The fourth-order valence-electron chi connectivity index (χ4n) is 2.51. The van der Waals surface area contributed by atoms with Gasteiger partial charge in [-0.15, -0.1) is 0 Å². The summed E-state index contributed by atoms with van der Waals surface area (Å²) in [7, 11) is 4.43. The smallest absolute Gasteiger partial charge is 0.158 e. The van der Waals surface area contributed by atoms with Crippen LogP contribution in [0.1, 0.15) is 33.1 Å². The van der Waals surface area contributed by atoms with Gasteiger partial charge in [0.05, 0.1) is 0 Å². The van der Waals surface area contributed by atoms with Crippen LogP contribution in [0.3, 0.4) is 0 Å². The molecule has 1 fully saturated rings. The monoisotopic (exact) mass is 258 g/mol. The van der Waals surface area contributed by atoms with Crippen molar-refractivity contribution < 1.29 is 9.47 Å². The van der Waals surface area contributed by atoms with E-state index in [4.69, 9.17) is 9.47 Å². The van der Waals surface area contributed by atoms with Crippen LogP contribution in [-0.4, -0.2) is 69.1 Å². The van der Waals surface area contributed by atoms with Crippen LogP contribution >= 0.6 is 0 Å². The second-order valence-electron chi connectivity index (χ2n) is 5.14. The number of rotatable bonds is 8. The van der Waals surface area contributed by atoms with Crippen molar-refractivity contribution in [2.75, 3.05) is 46.9 Å². The zero-order valence-electron chi connectivity index (χ0n) is 12.5. The van der Waals surface area contributed by atoms with Crippen LogP contribution in [0.2, 0.25) is 0 Å². The van der Waals surface area contributed by atoms with Gasteiger partial charge in [0.25, 0.3) is 0 Å². The van der Waals surface area contributed by atoms with Crippen LogP contribution in [0, 0.1) is 0 Å². The van der Waals surface area contributed by atoms with Crippen LogP contribution < -0.4 is 0 Å². The first-order valence-corrected chi connectivity index (χ1v) is 7.29. The molecule has 0 aromatic rings. The first kappa shape index (κ1) is 15.9. The number of ether oxygens (including phenoxy) is 2. The summed E-state index contributed by atoms with van der Waals surface area (Å²) < 4.78 is 11.2. The maximum Gasteiger partial charge on any atom is 0.158 e. The fraction of sp³-hybridized carbons (Fsp3) is 1.00. The standard InChI is InChI=1S/C14H30N2O2/c1-5-17-14(18-6-2)9-12-16(4)13-7-10-15(3)11-8-13/h13-14H,5-12H2,1-4H3. The highest BCUT2D eigenvalue weighted by atomic mass is 16.7. The number of hydrogen-bond donors (Lipinski definition) is 0. The Kier molecular flexibility index (Phi) is 7.82. The molecule has 1 aliphatic heterocycles. The van der Waals surface area contributed by atoms with Crippen LogP contribution in [0.5, 0.6) is 0 Å². The summed E-state index contributed by atoms with van der Waals surface area (Å²) in [5, 5.41) is 0. The average Bonchev–Trinajstić information content (AvgIpc) is 2.37. The molecule has 0 radical (unpaired) electrons. The summed E-state index contributed by atoms with van der Waals surface area (Å²) in [6.07, 6.45) is 3.49. The Bertz CT molecular complexity index is 200. The molecular weight excluding hydrogens is 228 g/mol. The molecule has 0 aromatic heterocycles. The van der Waals surface area contributed by atoms with Gasteiger partial charge in [-0.25, -0.2) is 0 Å². The Balaban J connectivity index is 2.23. The van der Waals surface area contributed by atoms with E-state index in [0.717, 1.165) is 32.2 Å². The summed E-state index contributed by atoms with van der Waals surface area (Å²) in [6, 6.07) is 0.727. The van der Waals surface area contributed by atoms with Gasteiger partial charge in [-0.1, -0.05) is 0 Å². The summed E-state index contributed by atoms with van der Waals surface area (Å²) in [4.78, 5) is 4.88. The van der Waals surface area contributed by atoms with E-state index >= 15 is 0 Å². The van der Waals surface area contributed by atoms with E-state index in [9.17, 15) is 0 Å². The molecule has 0 N–H and O–H groups in total. The van der Waals surface area contributed by atoms with Crippen LogP contribution in [0.15, 0.2) is 0 Å². The minimum absolute atomic E-state index is 0.0336. The number of piperidine rings is 1. The Morgan fingerprint density at radius 2 is 1.72 bits per heavy atom. The van der Waals surface area contributed by atoms with Crippen LogP contribution in [0.4, 0.5) is 0 Å². The van der Waals surface area contributed by atoms with Gasteiger partial charge in [0.2, 0.25) is 0 Å². The summed E-state index contributed by atoms with van der Waals surface area (Å²) in [6.45, 7) is 8.98. The highest BCUT2D eigenvalue weighted by Gasteiger charge is 2.21. The predicted octanol–water partition coefficient (Wildman–Crippen LogP) is 1.80. The normalized spacial score (nSPS) is 19.0. The van der Waals surface area contributed by atoms with Crippen molar-refractivity contribution in [3.05, 3.63) is 0 Å². The topological polar surface area (TPSA) is 24.9 Å². The van der Waals surface area contributed by atoms with Crippen molar-refractivity contribution in [1.82, 2.24) is 9.80 Å². The molecule has 0 saturated carbocycles. The third-order valence-electron chi connectivity index (χ3n) is 3.73. The molecular formula is C14H30N2O2. The van der Waals surface area contributed by atoms with Gasteiger partial charge in [0.15, 0.2) is 6.29 Å². The molecule has 0 aliphatic carbocycles. The van der Waals surface area contributed by atoms with Crippen LogP contribution in [-0.2, 0) is 9.47 Å². The lowest BCUT2D eigenvalue weighted by Gasteiger charge is -2.35. The summed E-state index contributed by atoms with van der Waals surface area (Å²) in [5.74, 6) is 0.